The molecule has 3 rings (SSSR count). The molecule has 0 radical (unpaired) electrons. The van der Waals surface area contributed by atoms with Crippen molar-refractivity contribution in [2.45, 2.75) is 43.4 Å². The van der Waals surface area contributed by atoms with Crippen LogP contribution in [0.25, 0.3) is 0 Å². The van der Waals surface area contributed by atoms with Crippen molar-refractivity contribution in [1.82, 2.24) is 10.0 Å². The first-order chi connectivity index (χ1) is 13.5. The minimum atomic E-state index is -3.59. The fraction of sp³-hybridized carbons (Fsp3) is 0.526. The van der Waals surface area contributed by atoms with Crippen molar-refractivity contribution < 1.29 is 22.7 Å². The van der Waals surface area contributed by atoms with E-state index in [0.717, 1.165) is 12.8 Å². The number of amides is 1. The summed E-state index contributed by atoms with van der Waals surface area (Å²) >= 11 is 0. The number of nitrogens with zero attached hydrogens (tertiary/aromatic N) is 1. The number of rotatable bonds is 7. The maximum absolute atomic E-state index is 12.0. The molecule has 1 heterocycles. The van der Waals surface area contributed by atoms with Crippen molar-refractivity contribution in [2.75, 3.05) is 19.7 Å². The van der Waals surface area contributed by atoms with Gasteiger partial charge in [0.25, 0.3) is 15.9 Å². The molecule has 1 aliphatic carbocycles. The quantitative estimate of drug-likeness (QED) is 0.663. The van der Waals surface area contributed by atoms with Crippen LogP contribution in [0.5, 0.6) is 0 Å². The summed E-state index contributed by atoms with van der Waals surface area (Å²) in [7, 11) is -3.59. The van der Waals surface area contributed by atoms with E-state index in [4.69, 9.17) is 4.74 Å². The molecule has 9 heteroatoms. The third kappa shape index (κ3) is 5.31. The molecular formula is C19H25N3O5S. The van der Waals surface area contributed by atoms with Gasteiger partial charge in [0.15, 0.2) is 6.61 Å². The zero-order chi connectivity index (χ0) is 20.0. The summed E-state index contributed by atoms with van der Waals surface area (Å²) in [5, 5.41) is 2.81. The summed E-state index contributed by atoms with van der Waals surface area (Å²) in [5.41, 5.74) is 0.484. The summed E-state index contributed by atoms with van der Waals surface area (Å²) in [5.74, 6) is -0.120. The monoisotopic (exact) mass is 407 g/mol. The van der Waals surface area contributed by atoms with Crippen LogP contribution in [0.3, 0.4) is 0 Å². The molecule has 0 aromatic heterocycles. The lowest BCUT2D eigenvalue weighted by Gasteiger charge is -2.21. The number of carbonyl (C=O) groups excluding carboxylic acids is 2. The normalized spacial score (nSPS) is 19.6. The van der Waals surface area contributed by atoms with Gasteiger partial charge in [-0.3, -0.25) is 19.3 Å². The SMILES string of the molecule is O=C(COC(=O)CCN=C1NS(=O)(=O)c2ccccc21)NCC1CCCCC1. The van der Waals surface area contributed by atoms with Crippen molar-refractivity contribution in [3.05, 3.63) is 29.8 Å². The number of hydrogen-bond acceptors (Lipinski definition) is 6. The van der Waals surface area contributed by atoms with Crippen LogP contribution in [-0.2, 0) is 24.3 Å². The van der Waals surface area contributed by atoms with Gasteiger partial charge in [0.2, 0.25) is 0 Å². The Balaban J connectivity index is 1.39. The van der Waals surface area contributed by atoms with E-state index in [2.05, 4.69) is 15.0 Å². The van der Waals surface area contributed by atoms with Gasteiger partial charge in [0, 0.05) is 12.1 Å². The van der Waals surface area contributed by atoms with Crippen molar-refractivity contribution in [3.63, 3.8) is 0 Å². The third-order valence-electron chi connectivity index (χ3n) is 4.93. The number of sulfonamides is 1. The number of benzene rings is 1. The summed E-state index contributed by atoms with van der Waals surface area (Å²) in [6.45, 7) is 0.385. The van der Waals surface area contributed by atoms with Crippen molar-refractivity contribution in [3.8, 4) is 0 Å². The highest BCUT2D eigenvalue weighted by molar-refractivity contribution is 7.90. The molecule has 28 heavy (non-hydrogen) atoms. The van der Waals surface area contributed by atoms with Gasteiger partial charge < -0.3 is 10.1 Å². The smallest absolute Gasteiger partial charge is 0.308 e. The number of carbonyl (C=O) groups is 2. The predicted molar refractivity (Wildman–Crippen MR) is 103 cm³/mol. The summed E-state index contributed by atoms with van der Waals surface area (Å²) in [6.07, 6.45) is 5.90. The molecule has 1 aromatic rings. The molecule has 0 atom stereocenters. The number of aliphatic imine (C=N–C) groups is 1. The minimum Gasteiger partial charge on any atom is -0.456 e. The molecular weight excluding hydrogens is 382 g/mol. The van der Waals surface area contributed by atoms with E-state index in [1.165, 1.54) is 25.3 Å². The first kappa shape index (κ1) is 20.3. The number of esters is 1. The van der Waals surface area contributed by atoms with Crippen LogP contribution in [0.15, 0.2) is 34.2 Å². The Kier molecular flexibility index (Phi) is 6.66. The van der Waals surface area contributed by atoms with E-state index in [-0.39, 0.29) is 36.2 Å². The van der Waals surface area contributed by atoms with Gasteiger partial charge in [0.05, 0.1) is 17.9 Å². The molecule has 1 fully saturated rings. The lowest BCUT2D eigenvalue weighted by molar-refractivity contribution is -0.148. The number of amidine groups is 1. The van der Waals surface area contributed by atoms with E-state index >= 15 is 0 Å². The molecule has 1 saturated carbocycles. The molecule has 1 aromatic carbocycles. The molecule has 2 aliphatic rings. The zero-order valence-electron chi connectivity index (χ0n) is 15.6. The van der Waals surface area contributed by atoms with Crippen LogP contribution < -0.4 is 10.0 Å². The van der Waals surface area contributed by atoms with E-state index in [1.807, 2.05) is 0 Å². The molecule has 0 saturated heterocycles. The lowest BCUT2D eigenvalue weighted by atomic mass is 9.89. The van der Waals surface area contributed by atoms with Gasteiger partial charge in [-0.2, -0.15) is 0 Å². The summed E-state index contributed by atoms with van der Waals surface area (Å²) < 4.78 is 31.3. The predicted octanol–water partition coefficient (Wildman–Crippen LogP) is 1.35. The zero-order valence-corrected chi connectivity index (χ0v) is 16.5. The van der Waals surface area contributed by atoms with Crippen LogP contribution in [0, 0.1) is 5.92 Å². The van der Waals surface area contributed by atoms with Crippen LogP contribution in [-0.4, -0.2) is 45.8 Å². The molecule has 1 amide bonds. The molecule has 2 N–H and O–H groups in total. The van der Waals surface area contributed by atoms with E-state index in [0.29, 0.717) is 18.0 Å². The van der Waals surface area contributed by atoms with Crippen LogP contribution >= 0.6 is 0 Å². The average molecular weight is 407 g/mol. The Morgan fingerprint density at radius 3 is 2.71 bits per heavy atom. The standard InChI is InChI=1S/C19H25N3O5S/c23-17(21-12-14-6-2-1-3-7-14)13-27-18(24)10-11-20-19-15-8-4-5-9-16(15)28(25,26)22-19/h4-5,8-9,14H,1-3,6-7,10-13H2,(H,20,22)(H,21,23). The van der Waals surface area contributed by atoms with Crippen LogP contribution in [0.4, 0.5) is 0 Å². The molecule has 1 aliphatic heterocycles. The minimum absolute atomic E-state index is 0.0384. The molecule has 0 unspecified atom stereocenters. The summed E-state index contributed by atoms with van der Waals surface area (Å²) in [4.78, 5) is 27.9. The molecule has 8 nitrogen and oxygen atoms in total. The number of nitrogens with one attached hydrogen (secondary N) is 2. The highest BCUT2D eigenvalue weighted by Gasteiger charge is 2.30. The van der Waals surface area contributed by atoms with E-state index < -0.39 is 16.0 Å². The van der Waals surface area contributed by atoms with Crippen LogP contribution in [0.1, 0.15) is 44.1 Å². The maximum Gasteiger partial charge on any atom is 0.308 e. The molecule has 0 bridgehead atoms. The Labute approximate surface area is 164 Å². The van der Waals surface area contributed by atoms with Gasteiger partial charge >= 0.3 is 5.97 Å². The number of ether oxygens (including phenoxy) is 1. The third-order valence-corrected chi connectivity index (χ3v) is 6.32. The number of hydrogen-bond donors (Lipinski definition) is 2. The number of fused-ring (bicyclic) bond motifs is 1. The topological polar surface area (TPSA) is 114 Å². The van der Waals surface area contributed by atoms with Crippen molar-refractivity contribution in [1.29, 1.82) is 0 Å². The van der Waals surface area contributed by atoms with E-state index in [9.17, 15) is 18.0 Å². The molecule has 152 valence electrons. The van der Waals surface area contributed by atoms with Crippen molar-refractivity contribution >= 4 is 27.7 Å². The Morgan fingerprint density at radius 1 is 1.18 bits per heavy atom. The largest absolute Gasteiger partial charge is 0.456 e. The van der Waals surface area contributed by atoms with Gasteiger partial charge in [0.1, 0.15) is 5.84 Å². The molecule has 0 spiro atoms. The van der Waals surface area contributed by atoms with Gasteiger partial charge in [-0.1, -0.05) is 31.4 Å². The van der Waals surface area contributed by atoms with Gasteiger partial charge in [-0.25, -0.2) is 8.42 Å². The highest BCUT2D eigenvalue weighted by atomic mass is 32.2. The second-order valence-corrected chi connectivity index (χ2v) is 8.70. The van der Waals surface area contributed by atoms with Crippen molar-refractivity contribution in [2.24, 2.45) is 10.9 Å². The first-order valence-corrected chi connectivity index (χ1v) is 11.0. The van der Waals surface area contributed by atoms with Crippen LogP contribution in [0.2, 0.25) is 0 Å². The fourth-order valence-electron chi connectivity index (χ4n) is 3.43. The lowest BCUT2D eigenvalue weighted by Crippen LogP contribution is -2.33. The second-order valence-electron chi connectivity index (χ2n) is 7.05. The summed E-state index contributed by atoms with van der Waals surface area (Å²) in [6, 6.07) is 6.51. The maximum atomic E-state index is 12.0. The Morgan fingerprint density at radius 2 is 1.93 bits per heavy atom. The van der Waals surface area contributed by atoms with Gasteiger partial charge in [-0.15, -0.1) is 0 Å². The highest BCUT2D eigenvalue weighted by Crippen LogP contribution is 2.23. The second kappa shape index (κ2) is 9.18. The van der Waals surface area contributed by atoms with E-state index in [1.54, 1.807) is 18.2 Å². The average Bonchev–Trinajstić information content (AvgIpc) is 2.96. The first-order valence-electron chi connectivity index (χ1n) is 9.55. The fourth-order valence-corrected chi connectivity index (χ4v) is 4.68. The van der Waals surface area contributed by atoms with Gasteiger partial charge in [-0.05, 0) is 30.9 Å². The Bertz CT molecular complexity index is 860. The Hall–Kier alpha value is -2.42.